The summed E-state index contributed by atoms with van der Waals surface area (Å²) in [5, 5.41) is 3.72. The zero-order valence-corrected chi connectivity index (χ0v) is 18.4. The average molecular weight is 428 g/mol. The SMILES string of the molecule is CC(C)OCCN1C(=O)C(Nc2ccc(N(C)C)cc2)=C(c2ccc(Cl)cc2)C1=O. The molecular weight excluding hydrogens is 402 g/mol. The highest BCUT2D eigenvalue weighted by molar-refractivity contribution is 6.36. The van der Waals surface area contributed by atoms with E-state index < -0.39 is 0 Å². The number of carbonyl (C=O) groups is 2. The van der Waals surface area contributed by atoms with Gasteiger partial charge in [-0.25, -0.2) is 0 Å². The zero-order chi connectivity index (χ0) is 21.8. The lowest BCUT2D eigenvalue weighted by molar-refractivity contribution is -0.137. The summed E-state index contributed by atoms with van der Waals surface area (Å²) in [4.78, 5) is 29.5. The molecule has 0 spiro atoms. The molecule has 0 radical (unpaired) electrons. The van der Waals surface area contributed by atoms with Crippen molar-refractivity contribution < 1.29 is 14.3 Å². The van der Waals surface area contributed by atoms with Crippen LogP contribution in [0.1, 0.15) is 19.4 Å². The maximum absolute atomic E-state index is 13.1. The van der Waals surface area contributed by atoms with Crippen LogP contribution in [0.5, 0.6) is 0 Å². The molecule has 0 saturated carbocycles. The van der Waals surface area contributed by atoms with Gasteiger partial charge in [-0.3, -0.25) is 14.5 Å². The van der Waals surface area contributed by atoms with E-state index in [2.05, 4.69) is 5.32 Å². The Morgan fingerprint density at radius 3 is 2.20 bits per heavy atom. The van der Waals surface area contributed by atoms with Gasteiger partial charge in [-0.15, -0.1) is 0 Å². The van der Waals surface area contributed by atoms with E-state index in [-0.39, 0.29) is 36.8 Å². The summed E-state index contributed by atoms with van der Waals surface area (Å²) in [6.07, 6.45) is 0.0225. The van der Waals surface area contributed by atoms with Crippen molar-refractivity contribution in [3.05, 3.63) is 64.8 Å². The Bertz CT molecular complexity index is 951. The molecule has 6 nitrogen and oxygen atoms in total. The molecule has 0 unspecified atom stereocenters. The molecule has 0 aromatic heterocycles. The fourth-order valence-electron chi connectivity index (χ4n) is 3.15. The molecule has 1 aliphatic heterocycles. The molecule has 158 valence electrons. The van der Waals surface area contributed by atoms with Gasteiger partial charge in [-0.1, -0.05) is 23.7 Å². The van der Waals surface area contributed by atoms with Crippen molar-refractivity contribution in [2.75, 3.05) is 37.5 Å². The Balaban J connectivity index is 1.93. The van der Waals surface area contributed by atoms with Gasteiger partial charge in [0.05, 0.1) is 24.8 Å². The number of rotatable bonds is 8. The third-order valence-electron chi connectivity index (χ3n) is 4.72. The van der Waals surface area contributed by atoms with Crippen molar-refractivity contribution >= 4 is 40.4 Å². The molecule has 0 bridgehead atoms. The monoisotopic (exact) mass is 427 g/mol. The maximum Gasteiger partial charge on any atom is 0.278 e. The molecule has 0 atom stereocenters. The number of carbonyl (C=O) groups excluding carboxylic acids is 2. The van der Waals surface area contributed by atoms with Gasteiger partial charge in [0.2, 0.25) is 0 Å². The summed E-state index contributed by atoms with van der Waals surface area (Å²) in [6, 6.07) is 14.5. The number of benzene rings is 2. The second-order valence-electron chi connectivity index (χ2n) is 7.50. The van der Waals surface area contributed by atoms with Crippen molar-refractivity contribution in [3.63, 3.8) is 0 Å². The zero-order valence-electron chi connectivity index (χ0n) is 17.6. The molecule has 1 aliphatic rings. The molecule has 7 heteroatoms. The first kappa shape index (κ1) is 21.9. The lowest BCUT2D eigenvalue weighted by atomic mass is 10.0. The van der Waals surface area contributed by atoms with E-state index in [9.17, 15) is 9.59 Å². The molecule has 2 amide bonds. The first-order chi connectivity index (χ1) is 14.3. The van der Waals surface area contributed by atoms with Gasteiger partial charge in [0.15, 0.2) is 0 Å². The highest BCUT2D eigenvalue weighted by Crippen LogP contribution is 2.31. The van der Waals surface area contributed by atoms with Crippen LogP contribution in [0.2, 0.25) is 5.02 Å². The van der Waals surface area contributed by atoms with Gasteiger partial charge in [0, 0.05) is 30.5 Å². The minimum Gasteiger partial charge on any atom is -0.378 e. The Hall–Kier alpha value is -2.83. The van der Waals surface area contributed by atoms with E-state index in [1.165, 1.54) is 4.90 Å². The molecule has 30 heavy (non-hydrogen) atoms. The van der Waals surface area contributed by atoms with Crippen LogP contribution < -0.4 is 10.2 Å². The van der Waals surface area contributed by atoms with Gasteiger partial charge in [-0.2, -0.15) is 0 Å². The van der Waals surface area contributed by atoms with E-state index in [1.54, 1.807) is 24.3 Å². The highest BCUT2D eigenvalue weighted by Gasteiger charge is 2.39. The smallest absolute Gasteiger partial charge is 0.278 e. The largest absolute Gasteiger partial charge is 0.378 e. The summed E-state index contributed by atoms with van der Waals surface area (Å²) in [5.41, 5.74) is 2.98. The van der Waals surface area contributed by atoms with Gasteiger partial charge >= 0.3 is 0 Å². The van der Waals surface area contributed by atoms with Crippen LogP contribution in [-0.4, -0.2) is 50.1 Å². The van der Waals surface area contributed by atoms with E-state index in [0.717, 1.165) is 11.4 Å². The van der Waals surface area contributed by atoms with Crippen molar-refractivity contribution in [3.8, 4) is 0 Å². The average Bonchev–Trinajstić information content (AvgIpc) is 2.93. The van der Waals surface area contributed by atoms with Gasteiger partial charge in [0.25, 0.3) is 11.8 Å². The predicted molar refractivity (Wildman–Crippen MR) is 121 cm³/mol. The number of ether oxygens (including phenoxy) is 1. The van der Waals surface area contributed by atoms with Crippen LogP contribution in [0.4, 0.5) is 11.4 Å². The number of nitrogens with one attached hydrogen (secondary N) is 1. The fraction of sp³-hybridized carbons (Fsp3) is 0.304. The van der Waals surface area contributed by atoms with E-state index in [4.69, 9.17) is 16.3 Å². The molecule has 1 heterocycles. The van der Waals surface area contributed by atoms with Gasteiger partial charge in [0.1, 0.15) is 5.70 Å². The normalized spacial score (nSPS) is 14.1. The molecule has 0 saturated heterocycles. The number of amides is 2. The molecule has 0 aliphatic carbocycles. The van der Waals surface area contributed by atoms with Crippen LogP contribution in [-0.2, 0) is 14.3 Å². The predicted octanol–water partition coefficient (Wildman–Crippen LogP) is 4.02. The van der Waals surface area contributed by atoms with Gasteiger partial charge < -0.3 is 15.0 Å². The summed E-state index contributed by atoms with van der Waals surface area (Å²) in [7, 11) is 3.92. The van der Waals surface area contributed by atoms with E-state index in [0.29, 0.717) is 16.2 Å². The Morgan fingerprint density at radius 2 is 1.63 bits per heavy atom. The minimum atomic E-state index is -0.367. The van der Waals surface area contributed by atoms with Crippen LogP contribution >= 0.6 is 11.6 Å². The summed E-state index contributed by atoms with van der Waals surface area (Å²) >= 11 is 6.00. The number of halogens is 1. The first-order valence-corrected chi connectivity index (χ1v) is 10.2. The standard InChI is InChI=1S/C23H26ClN3O3/c1-15(2)30-14-13-27-22(28)20(16-5-7-17(24)8-6-16)21(23(27)29)25-18-9-11-19(12-10-18)26(3)4/h5-12,15,25H,13-14H2,1-4H3. The van der Waals surface area contributed by atoms with Crippen LogP contribution in [0.25, 0.3) is 5.57 Å². The fourth-order valence-corrected chi connectivity index (χ4v) is 3.27. The van der Waals surface area contributed by atoms with Crippen LogP contribution in [0, 0.1) is 0 Å². The minimum absolute atomic E-state index is 0.0225. The number of imide groups is 1. The lowest BCUT2D eigenvalue weighted by Crippen LogP contribution is -2.35. The maximum atomic E-state index is 13.1. The Morgan fingerprint density at radius 1 is 1.00 bits per heavy atom. The molecule has 2 aromatic rings. The van der Waals surface area contributed by atoms with Crippen molar-refractivity contribution in [1.82, 2.24) is 4.90 Å². The number of anilines is 2. The molecular formula is C23H26ClN3O3. The topological polar surface area (TPSA) is 61.9 Å². The third-order valence-corrected chi connectivity index (χ3v) is 4.97. The van der Waals surface area contributed by atoms with E-state index >= 15 is 0 Å². The van der Waals surface area contributed by atoms with E-state index in [1.807, 2.05) is 57.1 Å². The quantitative estimate of drug-likeness (QED) is 0.644. The van der Waals surface area contributed by atoms with Crippen molar-refractivity contribution in [1.29, 1.82) is 0 Å². The number of hydrogen-bond acceptors (Lipinski definition) is 5. The van der Waals surface area contributed by atoms with Crippen molar-refractivity contribution in [2.24, 2.45) is 0 Å². The molecule has 2 aromatic carbocycles. The Kier molecular flexibility index (Phi) is 6.80. The van der Waals surface area contributed by atoms with Gasteiger partial charge in [-0.05, 0) is 55.8 Å². The number of nitrogens with zero attached hydrogens (tertiary/aromatic N) is 2. The second-order valence-corrected chi connectivity index (χ2v) is 7.94. The summed E-state index contributed by atoms with van der Waals surface area (Å²) < 4.78 is 5.54. The van der Waals surface area contributed by atoms with Crippen LogP contribution in [0.3, 0.4) is 0 Å². The lowest BCUT2D eigenvalue weighted by Gasteiger charge is -2.16. The van der Waals surface area contributed by atoms with Crippen molar-refractivity contribution in [2.45, 2.75) is 20.0 Å². The Labute approximate surface area is 182 Å². The summed E-state index contributed by atoms with van der Waals surface area (Å²) in [5.74, 6) is -0.712. The first-order valence-electron chi connectivity index (χ1n) is 9.80. The molecule has 3 rings (SSSR count). The number of hydrogen-bond donors (Lipinski definition) is 1. The highest BCUT2D eigenvalue weighted by atomic mass is 35.5. The third kappa shape index (κ3) is 4.83. The summed E-state index contributed by atoms with van der Waals surface area (Å²) in [6.45, 7) is 4.30. The molecule has 1 N–H and O–H groups in total. The molecule has 0 fully saturated rings. The van der Waals surface area contributed by atoms with Crippen LogP contribution in [0.15, 0.2) is 54.2 Å². The second kappa shape index (κ2) is 9.32.